The number of hydrogen-bond acceptors (Lipinski definition) is 5. The average molecular weight is 375 g/mol. The van der Waals surface area contributed by atoms with Crippen molar-refractivity contribution in [1.29, 1.82) is 0 Å². The first kappa shape index (κ1) is 19.0. The molecule has 0 saturated heterocycles. The molecule has 2 aromatic rings. The van der Waals surface area contributed by atoms with Crippen LogP contribution in [-0.2, 0) is 16.5 Å². The molecule has 0 amide bonds. The molecule has 1 aromatic heterocycles. The van der Waals surface area contributed by atoms with E-state index in [9.17, 15) is 21.6 Å². The highest BCUT2D eigenvalue weighted by molar-refractivity contribution is 7.88. The lowest BCUT2D eigenvalue weighted by atomic mass is 10.1. The highest BCUT2D eigenvalue weighted by Crippen LogP contribution is 2.34. The Balaban J connectivity index is 2.34. The maximum Gasteiger partial charge on any atom is 0.534 e. The van der Waals surface area contributed by atoms with Gasteiger partial charge >= 0.3 is 15.6 Å². The van der Waals surface area contributed by atoms with Crippen LogP contribution in [-0.4, -0.2) is 25.0 Å². The maximum absolute atomic E-state index is 12.5. The molecule has 25 heavy (non-hydrogen) atoms. The topological polar surface area (TPSA) is 65.5 Å². The molecule has 2 rings (SSSR count). The molecular weight excluding hydrogens is 359 g/mol. The second kappa shape index (κ2) is 7.30. The third kappa shape index (κ3) is 5.09. The molecule has 0 N–H and O–H groups in total. The first-order valence-corrected chi connectivity index (χ1v) is 8.69. The van der Waals surface area contributed by atoms with Crippen molar-refractivity contribution >= 4 is 10.1 Å². The molecule has 5 nitrogen and oxygen atoms in total. The first-order chi connectivity index (χ1) is 11.6. The van der Waals surface area contributed by atoms with E-state index in [1.54, 1.807) is 38.2 Å². The Hall–Kier alpha value is -2.29. The summed E-state index contributed by atoms with van der Waals surface area (Å²) in [6.07, 6.45) is 1.64. The fourth-order valence-electron chi connectivity index (χ4n) is 1.95. The molecule has 0 aliphatic heterocycles. The minimum atomic E-state index is -5.77. The van der Waals surface area contributed by atoms with Gasteiger partial charge in [-0.25, -0.2) is 0 Å². The van der Waals surface area contributed by atoms with Crippen molar-refractivity contribution in [3.05, 3.63) is 53.9 Å². The molecule has 0 radical (unpaired) electrons. The predicted molar refractivity (Wildman–Crippen MR) is 84.9 cm³/mol. The quantitative estimate of drug-likeness (QED) is 0.569. The van der Waals surface area contributed by atoms with Crippen LogP contribution in [0.1, 0.15) is 25.1 Å². The number of alkyl halides is 3. The van der Waals surface area contributed by atoms with Gasteiger partial charge < -0.3 is 8.92 Å². The molecule has 1 heterocycles. The zero-order chi connectivity index (χ0) is 18.7. The third-order valence-electron chi connectivity index (χ3n) is 2.97. The second-order valence-electron chi connectivity index (χ2n) is 5.43. The molecule has 0 fully saturated rings. The van der Waals surface area contributed by atoms with Gasteiger partial charge in [0.15, 0.2) is 11.5 Å². The molecule has 0 aliphatic carbocycles. The van der Waals surface area contributed by atoms with E-state index in [0.29, 0.717) is 12.0 Å². The number of nitrogens with zero attached hydrogens (tertiary/aromatic N) is 1. The van der Waals surface area contributed by atoms with E-state index < -0.39 is 21.4 Å². The van der Waals surface area contributed by atoms with Crippen LogP contribution in [0.4, 0.5) is 13.2 Å². The molecule has 0 saturated carbocycles. The van der Waals surface area contributed by atoms with Crippen LogP contribution in [0, 0.1) is 0 Å². The number of ether oxygens (including phenoxy) is 1. The van der Waals surface area contributed by atoms with Crippen molar-refractivity contribution in [3.8, 4) is 11.5 Å². The third-order valence-corrected chi connectivity index (χ3v) is 3.93. The SMILES string of the molecule is CC(C)Oc1cc(Cc2ccccn2)ccc1OS(=O)(=O)C(F)(F)F. The molecule has 0 aliphatic rings. The van der Waals surface area contributed by atoms with Crippen molar-refractivity contribution in [1.82, 2.24) is 4.98 Å². The summed E-state index contributed by atoms with van der Waals surface area (Å²) in [6.45, 7) is 3.32. The highest BCUT2D eigenvalue weighted by atomic mass is 32.2. The molecule has 9 heteroatoms. The van der Waals surface area contributed by atoms with Crippen LogP contribution < -0.4 is 8.92 Å². The number of pyridine rings is 1. The summed E-state index contributed by atoms with van der Waals surface area (Å²) in [4.78, 5) is 4.16. The molecule has 0 unspecified atom stereocenters. The van der Waals surface area contributed by atoms with E-state index in [-0.39, 0.29) is 11.9 Å². The van der Waals surface area contributed by atoms with Crippen LogP contribution in [0.25, 0.3) is 0 Å². The summed E-state index contributed by atoms with van der Waals surface area (Å²) in [5, 5.41) is 0. The maximum atomic E-state index is 12.5. The largest absolute Gasteiger partial charge is 0.534 e. The number of benzene rings is 1. The standard InChI is InChI=1S/C16H16F3NO4S/c1-11(2)23-15-10-12(9-13-5-3-4-8-20-13)6-7-14(15)24-25(21,22)16(17,18)19/h3-8,10-11H,9H2,1-2H3. The van der Waals surface area contributed by atoms with Crippen molar-refractivity contribution < 1.29 is 30.5 Å². The average Bonchev–Trinajstić information content (AvgIpc) is 2.49. The van der Waals surface area contributed by atoms with Gasteiger partial charge in [0.25, 0.3) is 0 Å². The summed E-state index contributed by atoms with van der Waals surface area (Å²) in [7, 11) is -5.77. The van der Waals surface area contributed by atoms with Gasteiger partial charge in [0.05, 0.1) is 6.10 Å². The van der Waals surface area contributed by atoms with E-state index in [0.717, 1.165) is 11.8 Å². The van der Waals surface area contributed by atoms with E-state index in [2.05, 4.69) is 9.17 Å². The Morgan fingerprint density at radius 1 is 1.12 bits per heavy atom. The number of halogens is 3. The molecule has 0 atom stereocenters. The van der Waals surface area contributed by atoms with Crippen LogP contribution in [0.2, 0.25) is 0 Å². The van der Waals surface area contributed by atoms with Crippen molar-refractivity contribution in [3.63, 3.8) is 0 Å². The molecule has 136 valence electrons. The Kier molecular flexibility index (Phi) is 5.56. The smallest absolute Gasteiger partial charge is 0.487 e. The monoisotopic (exact) mass is 375 g/mol. The lowest BCUT2D eigenvalue weighted by molar-refractivity contribution is -0.0500. The van der Waals surface area contributed by atoms with Crippen LogP contribution >= 0.6 is 0 Å². The van der Waals surface area contributed by atoms with E-state index in [1.807, 2.05) is 0 Å². The summed E-state index contributed by atoms with van der Waals surface area (Å²) in [5.74, 6) is -0.605. The van der Waals surface area contributed by atoms with E-state index >= 15 is 0 Å². The van der Waals surface area contributed by atoms with Crippen molar-refractivity contribution in [2.24, 2.45) is 0 Å². The Morgan fingerprint density at radius 2 is 1.84 bits per heavy atom. The van der Waals surface area contributed by atoms with E-state index in [4.69, 9.17) is 4.74 Å². The van der Waals surface area contributed by atoms with Gasteiger partial charge in [-0.15, -0.1) is 0 Å². The minimum absolute atomic E-state index is 0.0868. The Bertz CT molecular complexity index is 821. The van der Waals surface area contributed by atoms with Crippen LogP contribution in [0.3, 0.4) is 0 Å². The predicted octanol–water partition coefficient (Wildman–Crippen LogP) is 3.69. The number of hydrogen-bond donors (Lipinski definition) is 0. The Morgan fingerprint density at radius 3 is 2.40 bits per heavy atom. The van der Waals surface area contributed by atoms with Gasteiger partial charge in [-0.05, 0) is 43.7 Å². The van der Waals surface area contributed by atoms with Gasteiger partial charge in [0, 0.05) is 18.3 Å². The zero-order valence-corrected chi connectivity index (χ0v) is 14.3. The van der Waals surface area contributed by atoms with Crippen LogP contribution in [0.15, 0.2) is 42.6 Å². The number of aromatic nitrogens is 1. The Labute approximate surface area is 143 Å². The van der Waals surface area contributed by atoms with Gasteiger partial charge in [0.1, 0.15) is 0 Å². The summed E-state index contributed by atoms with van der Waals surface area (Å²) in [5.41, 5.74) is -4.09. The summed E-state index contributed by atoms with van der Waals surface area (Å²) >= 11 is 0. The normalized spacial score (nSPS) is 12.2. The molecule has 0 bridgehead atoms. The fourth-order valence-corrected chi connectivity index (χ4v) is 2.42. The van der Waals surface area contributed by atoms with Gasteiger partial charge in [-0.1, -0.05) is 12.1 Å². The van der Waals surface area contributed by atoms with E-state index in [1.165, 1.54) is 12.1 Å². The van der Waals surface area contributed by atoms with Gasteiger partial charge in [-0.2, -0.15) is 21.6 Å². The fraction of sp³-hybridized carbons (Fsp3) is 0.312. The lowest BCUT2D eigenvalue weighted by Crippen LogP contribution is -2.28. The molecule has 0 spiro atoms. The lowest BCUT2D eigenvalue weighted by Gasteiger charge is -2.16. The highest BCUT2D eigenvalue weighted by Gasteiger charge is 2.49. The molecular formula is C16H16F3NO4S. The summed E-state index contributed by atoms with van der Waals surface area (Å²) in [6, 6.07) is 9.40. The zero-order valence-electron chi connectivity index (χ0n) is 13.4. The first-order valence-electron chi connectivity index (χ1n) is 7.29. The summed E-state index contributed by atoms with van der Waals surface area (Å²) < 4.78 is 69.6. The van der Waals surface area contributed by atoms with Crippen molar-refractivity contribution in [2.45, 2.75) is 31.9 Å². The minimum Gasteiger partial charge on any atom is -0.487 e. The van der Waals surface area contributed by atoms with Crippen molar-refractivity contribution in [2.75, 3.05) is 0 Å². The van der Waals surface area contributed by atoms with Crippen LogP contribution in [0.5, 0.6) is 11.5 Å². The second-order valence-corrected chi connectivity index (χ2v) is 6.97. The van der Waals surface area contributed by atoms with Gasteiger partial charge in [-0.3, -0.25) is 4.98 Å². The molecule has 1 aromatic carbocycles. The van der Waals surface area contributed by atoms with Gasteiger partial charge in [0.2, 0.25) is 0 Å². The number of rotatable bonds is 6.